The maximum Gasteiger partial charge on any atom is 0.275 e. The fourth-order valence-electron chi connectivity index (χ4n) is 1.88. The van der Waals surface area contributed by atoms with E-state index in [4.69, 9.17) is 5.73 Å². The van der Waals surface area contributed by atoms with Crippen LogP contribution in [0.1, 0.15) is 12.0 Å². The summed E-state index contributed by atoms with van der Waals surface area (Å²) >= 11 is 0. The molecule has 0 radical (unpaired) electrons. The Hall–Kier alpha value is -1.91. The third-order valence-electron chi connectivity index (χ3n) is 2.65. The molecule has 1 amide bonds. The van der Waals surface area contributed by atoms with Crippen LogP contribution in [0, 0.1) is 0 Å². The number of amides is 1. The van der Waals surface area contributed by atoms with Gasteiger partial charge in [0.2, 0.25) is 5.91 Å². The predicted octanol–water partition coefficient (Wildman–Crippen LogP) is 2.01. The van der Waals surface area contributed by atoms with Crippen LogP contribution in [0.15, 0.2) is 30.3 Å². The summed E-state index contributed by atoms with van der Waals surface area (Å²) in [5.74, 6) is -3.91. The van der Waals surface area contributed by atoms with E-state index in [1.807, 2.05) is 0 Å². The van der Waals surface area contributed by atoms with Crippen LogP contribution in [0.25, 0.3) is 5.57 Å². The molecule has 1 aliphatic heterocycles. The molecule has 0 saturated heterocycles. The number of nitrogens with two attached hydrogens (primary N) is 1. The summed E-state index contributed by atoms with van der Waals surface area (Å²) in [6, 6.07) is 6.65. The molecule has 0 saturated carbocycles. The van der Waals surface area contributed by atoms with E-state index in [1.54, 1.807) is 24.3 Å². The van der Waals surface area contributed by atoms with Crippen molar-refractivity contribution < 1.29 is 13.6 Å². The van der Waals surface area contributed by atoms with Gasteiger partial charge < -0.3 is 11.1 Å². The topological polar surface area (TPSA) is 55.1 Å². The lowest BCUT2D eigenvalue weighted by Gasteiger charge is -2.17. The Labute approximate surface area is 97.3 Å². The molecule has 2 rings (SSSR count). The number of halogens is 2. The van der Waals surface area contributed by atoms with Crippen molar-refractivity contribution in [2.75, 3.05) is 11.9 Å². The van der Waals surface area contributed by atoms with Gasteiger partial charge in [0.05, 0.1) is 0 Å². The normalized spacial score (nSPS) is 20.2. The number of nitrogens with one attached hydrogen (secondary N) is 1. The monoisotopic (exact) mass is 238 g/mol. The zero-order valence-electron chi connectivity index (χ0n) is 9.04. The summed E-state index contributed by atoms with van der Waals surface area (Å²) in [6.07, 6.45) is 0.451. The van der Waals surface area contributed by atoms with Gasteiger partial charge in [-0.2, -0.15) is 0 Å². The summed E-state index contributed by atoms with van der Waals surface area (Å²) in [5, 5.41) is 2.91. The fraction of sp³-hybridized carbons (Fsp3) is 0.250. The first-order valence-corrected chi connectivity index (χ1v) is 5.23. The van der Waals surface area contributed by atoms with Crippen molar-refractivity contribution in [2.24, 2.45) is 5.73 Å². The number of carbonyl (C=O) groups is 1. The lowest BCUT2D eigenvalue weighted by atomic mass is 9.97. The highest BCUT2D eigenvalue weighted by Crippen LogP contribution is 2.40. The molecule has 1 aromatic carbocycles. The molecule has 0 atom stereocenters. The van der Waals surface area contributed by atoms with Crippen molar-refractivity contribution in [3.05, 3.63) is 35.9 Å². The number of rotatable bonds is 1. The van der Waals surface area contributed by atoms with Crippen LogP contribution in [0.4, 0.5) is 14.5 Å². The highest BCUT2D eigenvalue weighted by molar-refractivity contribution is 5.97. The Morgan fingerprint density at radius 2 is 2.12 bits per heavy atom. The van der Waals surface area contributed by atoms with Crippen LogP contribution in [-0.2, 0) is 4.79 Å². The molecule has 1 heterocycles. The Balaban J connectivity index is 2.60. The summed E-state index contributed by atoms with van der Waals surface area (Å²) in [4.78, 5) is 10.9. The van der Waals surface area contributed by atoms with E-state index in [1.165, 1.54) is 0 Å². The van der Waals surface area contributed by atoms with Crippen molar-refractivity contribution in [1.29, 1.82) is 0 Å². The smallest absolute Gasteiger partial charge is 0.275 e. The molecule has 0 fully saturated rings. The lowest BCUT2D eigenvalue weighted by Crippen LogP contribution is -2.21. The third-order valence-corrected chi connectivity index (χ3v) is 2.65. The SMILES string of the molecule is NC(=O)C=C1c2ccccc2NCCC1(F)F. The van der Waals surface area contributed by atoms with Gasteiger partial charge in [0.1, 0.15) is 0 Å². The lowest BCUT2D eigenvalue weighted by molar-refractivity contribution is -0.113. The molecule has 0 bridgehead atoms. The summed E-state index contributed by atoms with van der Waals surface area (Å²) in [7, 11) is 0. The minimum absolute atomic E-state index is 0.153. The molecule has 0 spiro atoms. The molecule has 3 nitrogen and oxygen atoms in total. The highest BCUT2D eigenvalue weighted by Gasteiger charge is 2.37. The van der Waals surface area contributed by atoms with Crippen molar-refractivity contribution in [3.8, 4) is 0 Å². The molecule has 5 heteroatoms. The summed E-state index contributed by atoms with van der Waals surface area (Å²) < 4.78 is 27.7. The molecule has 90 valence electrons. The minimum Gasteiger partial charge on any atom is -0.384 e. The second-order valence-electron chi connectivity index (χ2n) is 3.89. The van der Waals surface area contributed by atoms with Crippen LogP contribution in [0.5, 0.6) is 0 Å². The van der Waals surface area contributed by atoms with Crippen LogP contribution < -0.4 is 11.1 Å². The molecule has 0 aliphatic carbocycles. The molecular formula is C12H12F2N2O. The zero-order valence-corrected chi connectivity index (χ0v) is 9.04. The van der Waals surface area contributed by atoms with Gasteiger partial charge >= 0.3 is 0 Å². The van der Waals surface area contributed by atoms with Crippen molar-refractivity contribution in [3.63, 3.8) is 0 Å². The summed E-state index contributed by atoms with van der Waals surface area (Å²) in [5.41, 5.74) is 5.59. The number of alkyl halides is 2. The number of allylic oxidation sites excluding steroid dienone is 1. The van der Waals surface area contributed by atoms with E-state index in [0.717, 1.165) is 6.08 Å². The second kappa shape index (κ2) is 4.16. The second-order valence-corrected chi connectivity index (χ2v) is 3.89. The number of hydrogen-bond acceptors (Lipinski definition) is 2. The predicted molar refractivity (Wildman–Crippen MR) is 61.7 cm³/mol. The first-order valence-electron chi connectivity index (χ1n) is 5.23. The Morgan fingerprint density at radius 1 is 1.41 bits per heavy atom. The molecule has 3 N–H and O–H groups in total. The number of benzene rings is 1. The average Bonchev–Trinajstić information content (AvgIpc) is 2.37. The standard InChI is InChI=1S/C12H12F2N2O/c13-12(14)5-6-16-10-4-2-1-3-8(10)9(12)7-11(15)17/h1-4,7,16H,5-6H2,(H2,15,17). The first-order chi connectivity index (χ1) is 8.00. The van der Waals surface area contributed by atoms with Gasteiger partial charge in [-0.15, -0.1) is 0 Å². The molecule has 0 aromatic heterocycles. The number of hydrogen-bond donors (Lipinski definition) is 2. The minimum atomic E-state index is -3.05. The van der Waals surface area contributed by atoms with Gasteiger partial charge in [-0.1, -0.05) is 18.2 Å². The first kappa shape index (κ1) is 11.6. The number of fused-ring (bicyclic) bond motifs is 1. The van der Waals surface area contributed by atoms with Gasteiger partial charge in [-0.3, -0.25) is 4.79 Å². The number of primary amides is 1. The van der Waals surface area contributed by atoms with E-state index in [0.29, 0.717) is 11.3 Å². The van der Waals surface area contributed by atoms with E-state index < -0.39 is 11.8 Å². The molecule has 0 unspecified atom stereocenters. The number of carbonyl (C=O) groups excluding carboxylic acids is 1. The Bertz CT molecular complexity index is 483. The summed E-state index contributed by atoms with van der Waals surface area (Å²) in [6.45, 7) is 0.153. The third kappa shape index (κ3) is 2.27. The van der Waals surface area contributed by atoms with Crippen LogP contribution >= 0.6 is 0 Å². The Kier molecular flexibility index (Phi) is 2.83. The van der Waals surface area contributed by atoms with Crippen molar-refractivity contribution in [2.45, 2.75) is 12.3 Å². The van der Waals surface area contributed by atoms with E-state index in [-0.39, 0.29) is 18.5 Å². The molecule has 17 heavy (non-hydrogen) atoms. The number of anilines is 1. The fourth-order valence-corrected chi connectivity index (χ4v) is 1.88. The molecular weight excluding hydrogens is 226 g/mol. The van der Waals surface area contributed by atoms with Gasteiger partial charge in [-0.05, 0) is 6.07 Å². The molecule has 1 aliphatic rings. The maximum absolute atomic E-state index is 13.9. The van der Waals surface area contributed by atoms with Gasteiger partial charge in [0, 0.05) is 35.9 Å². The van der Waals surface area contributed by atoms with E-state index >= 15 is 0 Å². The maximum atomic E-state index is 13.9. The highest BCUT2D eigenvalue weighted by atomic mass is 19.3. The van der Waals surface area contributed by atoms with E-state index in [9.17, 15) is 13.6 Å². The largest absolute Gasteiger partial charge is 0.384 e. The van der Waals surface area contributed by atoms with Crippen LogP contribution in [0.3, 0.4) is 0 Å². The van der Waals surface area contributed by atoms with Gasteiger partial charge in [0.25, 0.3) is 5.92 Å². The van der Waals surface area contributed by atoms with Gasteiger partial charge in [0.15, 0.2) is 0 Å². The van der Waals surface area contributed by atoms with Crippen LogP contribution in [0.2, 0.25) is 0 Å². The quantitative estimate of drug-likeness (QED) is 0.735. The van der Waals surface area contributed by atoms with E-state index in [2.05, 4.69) is 5.32 Å². The van der Waals surface area contributed by atoms with Crippen molar-refractivity contribution >= 4 is 17.2 Å². The molecule has 1 aromatic rings. The van der Waals surface area contributed by atoms with Crippen LogP contribution in [-0.4, -0.2) is 18.4 Å². The number of para-hydroxylation sites is 1. The van der Waals surface area contributed by atoms with Gasteiger partial charge in [-0.25, -0.2) is 8.78 Å². The zero-order chi connectivity index (χ0) is 12.5. The van der Waals surface area contributed by atoms with Crippen molar-refractivity contribution in [1.82, 2.24) is 0 Å². The Morgan fingerprint density at radius 3 is 2.82 bits per heavy atom. The average molecular weight is 238 g/mol.